The number of fused-ring (bicyclic) bond motifs is 2. The third kappa shape index (κ3) is 3.48. The van der Waals surface area contributed by atoms with Crippen LogP contribution in [0.25, 0.3) is 0 Å². The van der Waals surface area contributed by atoms with E-state index < -0.39 is 0 Å². The Labute approximate surface area is 149 Å². The van der Waals surface area contributed by atoms with Gasteiger partial charge in [-0.25, -0.2) is 0 Å². The molecular weight excluding hydrogens is 318 g/mol. The molecule has 1 aromatic carbocycles. The van der Waals surface area contributed by atoms with E-state index in [1.165, 1.54) is 12.8 Å². The van der Waals surface area contributed by atoms with Crippen LogP contribution in [0.2, 0.25) is 0 Å². The molecule has 0 aliphatic carbocycles. The predicted octanol–water partition coefficient (Wildman–Crippen LogP) is 2.13. The van der Waals surface area contributed by atoms with Crippen molar-refractivity contribution in [3.05, 3.63) is 35.9 Å². The van der Waals surface area contributed by atoms with Gasteiger partial charge >= 0.3 is 0 Å². The van der Waals surface area contributed by atoms with Crippen LogP contribution in [-0.2, 0) is 4.79 Å². The number of carbonyl (C=O) groups excluding carboxylic acids is 1. The minimum atomic E-state index is -0.108. The number of carbonyl (C=O) groups is 1. The lowest BCUT2D eigenvalue weighted by Gasteiger charge is -2.37. The van der Waals surface area contributed by atoms with Gasteiger partial charge in [-0.1, -0.05) is 30.3 Å². The fraction of sp³-hybridized carbons (Fsp3) is 0.632. The molecule has 4 nitrogen and oxygen atoms in total. The van der Waals surface area contributed by atoms with E-state index >= 15 is 0 Å². The number of rotatable bonds is 3. The fourth-order valence-corrected chi connectivity index (χ4v) is 5.23. The molecule has 0 spiro atoms. The van der Waals surface area contributed by atoms with E-state index in [1.54, 1.807) is 0 Å². The minimum absolute atomic E-state index is 0.108. The summed E-state index contributed by atoms with van der Waals surface area (Å²) in [7, 11) is 0. The Morgan fingerprint density at radius 3 is 2.58 bits per heavy atom. The van der Waals surface area contributed by atoms with Crippen molar-refractivity contribution in [2.24, 2.45) is 0 Å². The standard InChI is InChI=1S/C19H27N3OS/c23-19(22-9-8-16-6-7-17(14-22)20-16)18(15-4-2-1-3-5-15)21-10-12-24-13-11-21/h1-5,16-18,20H,6-14H2. The number of nitrogens with one attached hydrogen (secondary N) is 1. The molecule has 5 heteroatoms. The van der Waals surface area contributed by atoms with Crippen LogP contribution in [0.5, 0.6) is 0 Å². The van der Waals surface area contributed by atoms with Crippen LogP contribution in [0.1, 0.15) is 30.9 Å². The lowest BCUT2D eigenvalue weighted by molar-refractivity contribution is -0.137. The second-order valence-corrected chi connectivity index (χ2v) is 8.40. The Kier molecular flexibility index (Phi) is 5.11. The Bertz CT molecular complexity index is 561. The largest absolute Gasteiger partial charge is 0.339 e. The molecule has 130 valence electrons. The van der Waals surface area contributed by atoms with E-state index in [9.17, 15) is 4.79 Å². The SMILES string of the molecule is O=C(C(c1ccccc1)N1CCSCC1)N1CCC2CCC(C1)N2. The smallest absolute Gasteiger partial charge is 0.244 e. The maximum atomic E-state index is 13.5. The molecule has 4 rings (SSSR count). The van der Waals surface area contributed by atoms with Gasteiger partial charge in [0.25, 0.3) is 0 Å². The molecular formula is C19H27N3OS. The summed E-state index contributed by atoms with van der Waals surface area (Å²) in [6.45, 7) is 3.79. The highest BCUT2D eigenvalue weighted by molar-refractivity contribution is 7.99. The predicted molar refractivity (Wildman–Crippen MR) is 99.2 cm³/mol. The maximum absolute atomic E-state index is 13.5. The quantitative estimate of drug-likeness (QED) is 0.910. The first-order valence-corrected chi connectivity index (χ1v) is 10.4. The van der Waals surface area contributed by atoms with E-state index in [-0.39, 0.29) is 6.04 Å². The summed E-state index contributed by atoms with van der Waals surface area (Å²) in [5.41, 5.74) is 1.15. The van der Waals surface area contributed by atoms with Crippen molar-refractivity contribution in [2.45, 2.75) is 37.4 Å². The summed E-state index contributed by atoms with van der Waals surface area (Å²) in [4.78, 5) is 18.0. The summed E-state index contributed by atoms with van der Waals surface area (Å²) >= 11 is 2.00. The highest BCUT2D eigenvalue weighted by Crippen LogP contribution is 2.28. The number of hydrogen-bond donors (Lipinski definition) is 1. The maximum Gasteiger partial charge on any atom is 0.244 e. The van der Waals surface area contributed by atoms with Crippen LogP contribution in [0, 0.1) is 0 Å². The monoisotopic (exact) mass is 345 g/mol. The van der Waals surface area contributed by atoms with Crippen LogP contribution in [-0.4, -0.2) is 65.5 Å². The molecule has 0 radical (unpaired) electrons. The average molecular weight is 346 g/mol. The molecule has 1 aromatic rings. The summed E-state index contributed by atoms with van der Waals surface area (Å²) in [6.07, 6.45) is 3.59. The van der Waals surface area contributed by atoms with Crippen molar-refractivity contribution < 1.29 is 4.79 Å². The molecule has 1 N–H and O–H groups in total. The van der Waals surface area contributed by atoms with Gasteiger partial charge < -0.3 is 10.2 Å². The zero-order valence-electron chi connectivity index (χ0n) is 14.2. The van der Waals surface area contributed by atoms with Gasteiger partial charge in [0, 0.05) is 49.8 Å². The first kappa shape index (κ1) is 16.4. The first-order valence-electron chi connectivity index (χ1n) is 9.23. The van der Waals surface area contributed by atoms with E-state index in [2.05, 4.69) is 39.4 Å². The van der Waals surface area contributed by atoms with Crippen molar-refractivity contribution in [3.63, 3.8) is 0 Å². The van der Waals surface area contributed by atoms with E-state index in [1.807, 2.05) is 17.8 Å². The highest BCUT2D eigenvalue weighted by Gasteiger charge is 2.36. The number of likely N-dealkylation sites (tertiary alicyclic amines) is 1. The van der Waals surface area contributed by atoms with Crippen LogP contribution in [0.4, 0.5) is 0 Å². The average Bonchev–Trinajstić information content (AvgIpc) is 2.96. The lowest BCUT2D eigenvalue weighted by atomic mass is 10.0. The van der Waals surface area contributed by atoms with Crippen molar-refractivity contribution in [3.8, 4) is 0 Å². The minimum Gasteiger partial charge on any atom is -0.339 e. The number of benzene rings is 1. The van der Waals surface area contributed by atoms with Crippen molar-refractivity contribution in [2.75, 3.05) is 37.7 Å². The Morgan fingerprint density at radius 2 is 1.79 bits per heavy atom. The second-order valence-electron chi connectivity index (χ2n) is 7.17. The van der Waals surface area contributed by atoms with Crippen LogP contribution in [0.15, 0.2) is 30.3 Å². The molecule has 0 saturated carbocycles. The van der Waals surface area contributed by atoms with Gasteiger partial charge in [-0.15, -0.1) is 0 Å². The Balaban J connectivity index is 1.56. The summed E-state index contributed by atoms with van der Waals surface area (Å²) in [5, 5.41) is 3.69. The topological polar surface area (TPSA) is 35.6 Å². The van der Waals surface area contributed by atoms with Gasteiger partial charge in [0.05, 0.1) is 0 Å². The van der Waals surface area contributed by atoms with Gasteiger partial charge in [-0.05, 0) is 24.8 Å². The molecule has 1 amide bonds. The highest BCUT2D eigenvalue weighted by atomic mass is 32.2. The molecule has 3 aliphatic heterocycles. The number of hydrogen-bond acceptors (Lipinski definition) is 4. The van der Waals surface area contributed by atoms with Gasteiger partial charge in [0.2, 0.25) is 5.91 Å². The van der Waals surface area contributed by atoms with E-state index in [0.29, 0.717) is 18.0 Å². The molecule has 3 unspecified atom stereocenters. The zero-order valence-corrected chi connectivity index (χ0v) is 15.0. The third-order valence-corrected chi connectivity index (χ3v) is 6.54. The Hall–Kier alpha value is -1.04. The van der Waals surface area contributed by atoms with E-state index in [0.717, 1.165) is 49.7 Å². The summed E-state index contributed by atoms with van der Waals surface area (Å²) in [5.74, 6) is 2.56. The van der Waals surface area contributed by atoms with Crippen molar-refractivity contribution in [1.29, 1.82) is 0 Å². The third-order valence-electron chi connectivity index (χ3n) is 5.59. The van der Waals surface area contributed by atoms with Crippen molar-refractivity contribution >= 4 is 17.7 Å². The molecule has 3 atom stereocenters. The van der Waals surface area contributed by atoms with Crippen molar-refractivity contribution in [1.82, 2.24) is 15.1 Å². The molecule has 3 fully saturated rings. The van der Waals surface area contributed by atoms with Crippen LogP contribution >= 0.6 is 11.8 Å². The van der Waals surface area contributed by atoms with Gasteiger partial charge in [-0.3, -0.25) is 9.69 Å². The molecule has 3 aliphatic rings. The summed E-state index contributed by atoms with van der Waals surface area (Å²) < 4.78 is 0. The van der Waals surface area contributed by atoms with Gasteiger partial charge in [0.15, 0.2) is 0 Å². The summed E-state index contributed by atoms with van der Waals surface area (Å²) in [6, 6.07) is 11.4. The number of thioether (sulfide) groups is 1. The van der Waals surface area contributed by atoms with Crippen LogP contribution in [0.3, 0.4) is 0 Å². The Morgan fingerprint density at radius 1 is 1.04 bits per heavy atom. The normalized spacial score (nSPS) is 29.2. The number of nitrogens with zero attached hydrogens (tertiary/aromatic N) is 2. The zero-order chi connectivity index (χ0) is 16.4. The number of amides is 1. The molecule has 3 saturated heterocycles. The van der Waals surface area contributed by atoms with Gasteiger partial charge in [-0.2, -0.15) is 11.8 Å². The molecule has 24 heavy (non-hydrogen) atoms. The first-order chi connectivity index (χ1) is 11.8. The lowest BCUT2D eigenvalue weighted by Crippen LogP contribution is -2.48. The van der Waals surface area contributed by atoms with E-state index in [4.69, 9.17) is 0 Å². The van der Waals surface area contributed by atoms with Gasteiger partial charge in [0.1, 0.15) is 6.04 Å². The van der Waals surface area contributed by atoms with Crippen LogP contribution < -0.4 is 5.32 Å². The molecule has 0 aromatic heterocycles. The molecule has 3 heterocycles. The second kappa shape index (κ2) is 7.46. The molecule has 2 bridgehead atoms. The fourth-order valence-electron chi connectivity index (χ4n) is 4.30.